The predicted octanol–water partition coefficient (Wildman–Crippen LogP) is 5.04. The number of fused-ring (bicyclic) bond motifs is 9. The average Bonchev–Trinajstić information content (AvgIpc) is 3.48. The molecule has 4 unspecified atom stereocenters. The lowest BCUT2D eigenvalue weighted by atomic mass is 9.88. The Kier molecular flexibility index (Phi) is 1.90. The molecule has 3 aliphatic rings. The Morgan fingerprint density at radius 1 is 0.500 bits per heavy atom. The monoisotopic (exact) mass is 310 g/mol. The molecule has 1 aliphatic carbocycles. The lowest BCUT2D eigenvalue weighted by molar-refractivity contribution is 0.304. The molecule has 0 amide bonds. The van der Waals surface area contributed by atoms with Crippen molar-refractivity contribution in [2.24, 2.45) is 0 Å². The van der Waals surface area contributed by atoms with Crippen molar-refractivity contribution in [1.29, 1.82) is 0 Å². The topological polar surface area (TPSA) is 25.1 Å². The molecule has 0 spiro atoms. The van der Waals surface area contributed by atoms with Gasteiger partial charge in [0.05, 0.1) is 0 Å². The number of hydrogen-bond donors (Lipinski definition) is 0. The van der Waals surface area contributed by atoms with Gasteiger partial charge in [0.2, 0.25) is 0 Å². The van der Waals surface area contributed by atoms with E-state index in [1.54, 1.807) is 0 Å². The molecule has 4 aromatic carbocycles. The highest BCUT2D eigenvalue weighted by atomic mass is 16.7. The Bertz CT molecular complexity index is 1100. The second-order valence-corrected chi connectivity index (χ2v) is 7.27. The molecule has 114 valence electrons. The minimum atomic E-state index is 0.264. The van der Waals surface area contributed by atoms with Crippen molar-refractivity contribution in [3.05, 3.63) is 71.8 Å². The molecule has 7 rings (SSSR count). The van der Waals surface area contributed by atoms with Gasteiger partial charge in [-0.25, -0.2) is 0 Å². The van der Waals surface area contributed by atoms with E-state index in [2.05, 4.69) is 60.7 Å². The summed E-state index contributed by atoms with van der Waals surface area (Å²) in [6.07, 6.45) is 1.15. The van der Waals surface area contributed by atoms with Crippen LogP contribution in [0.4, 0.5) is 0 Å². The first kappa shape index (κ1) is 12.0. The van der Waals surface area contributed by atoms with Crippen LogP contribution in [0.3, 0.4) is 0 Å². The van der Waals surface area contributed by atoms with E-state index >= 15 is 0 Å². The quantitative estimate of drug-likeness (QED) is 0.336. The first-order chi connectivity index (χ1) is 11.8. The molecule has 4 aromatic rings. The van der Waals surface area contributed by atoms with E-state index in [1.807, 2.05) is 0 Å². The van der Waals surface area contributed by atoms with Crippen molar-refractivity contribution in [3.8, 4) is 0 Å². The standard InChI is InChI=1S/C22H14O2/c1-2-4-12-6-14-8-16-10-18-17(19-21(23-19)22-20(18)24-22)9-15(16)7-13(14)5-11(12)3-1/h1-10,19-22H. The average molecular weight is 310 g/mol. The zero-order chi connectivity index (χ0) is 15.4. The Hall–Kier alpha value is -2.42. The molecule has 2 aliphatic heterocycles. The highest BCUT2D eigenvalue weighted by molar-refractivity contribution is 6.05. The Labute approximate surface area is 138 Å². The summed E-state index contributed by atoms with van der Waals surface area (Å²) in [6, 6.07) is 22.4. The van der Waals surface area contributed by atoms with Crippen molar-refractivity contribution in [2.45, 2.75) is 24.4 Å². The summed E-state index contributed by atoms with van der Waals surface area (Å²) in [5, 5.41) is 7.77. The molecule has 0 saturated carbocycles. The van der Waals surface area contributed by atoms with Crippen molar-refractivity contribution >= 4 is 32.3 Å². The van der Waals surface area contributed by atoms with Crippen molar-refractivity contribution in [3.63, 3.8) is 0 Å². The summed E-state index contributed by atoms with van der Waals surface area (Å²) in [5.41, 5.74) is 2.68. The SMILES string of the molecule is c1ccc2cc3cc4cc5c(cc4cc3cc2c1)C1OC1C1OC51. The van der Waals surface area contributed by atoms with E-state index in [4.69, 9.17) is 9.47 Å². The molecule has 0 aromatic heterocycles. The summed E-state index contributed by atoms with van der Waals surface area (Å²) in [5.74, 6) is 0. The third-order valence-corrected chi connectivity index (χ3v) is 5.85. The van der Waals surface area contributed by atoms with Gasteiger partial charge < -0.3 is 9.47 Å². The van der Waals surface area contributed by atoms with Crippen LogP contribution in [0.5, 0.6) is 0 Å². The highest BCUT2D eigenvalue weighted by Gasteiger charge is 2.63. The normalized spacial score (nSPS) is 29.3. The van der Waals surface area contributed by atoms with Crippen LogP contribution >= 0.6 is 0 Å². The number of hydrogen-bond acceptors (Lipinski definition) is 2. The third-order valence-electron chi connectivity index (χ3n) is 5.85. The fraction of sp³-hybridized carbons (Fsp3) is 0.182. The molecule has 2 heterocycles. The fourth-order valence-electron chi connectivity index (χ4n) is 4.52. The molecule has 2 fully saturated rings. The van der Waals surface area contributed by atoms with Gasteiger partial charge in [0.1, 0.15) is 24.4 Å². The smallest absolute Gasteiger partial charge is 0.118 e. The lowest BCUT2D eigenvalue weighted by Gasteiger charge is -2.12. The van der Waals surface area contributed by atoms with Crippen LogP contribution in [-0.2, 0) is 9.47 Å². The van der Waals surface area contributed by atoms with Gasteiger partial charge in [-0.1, -0.05) is 24.3 Å². The number of epoxide rings is 2. The van der Waals surface area contributed by atoms with Gasteiger partial charge in [-0.2, -0.15) is 0 Å². The number of benzene rings is 4. The van der Waals surface area contributed by atoms with Gasteiger partial charge in [0.25, 0.3) is 0 Å². The van der Waals surface area contributed by atoms with E-state index in [1.165, 1.54) is 43.4 Å². The molecular weight excluding hydrogens is 296 g/mol. The second-order valence-electron chi connectivity index (χ2n) is 7.27. The van der Waals surface area contributed by atoms with Gasteiger partial charge in [-0.05, 0) is 79.8 Å². The van der Waals surface area contributed by atoms with E-state index in [-0.39, 0.29) is 12.2 Å². The molecule has 2 heteroatoms. The zero-order valence-corrected chi connectivity index (χ0v) is 12.9. The first-order valence-electron chi connectivity index (χ1n) is 8.56. The minimum absolute atomic E-state index is 0.264. The molecule has 2 nitrogen and oxygen atoms in total. The molecule has 0 N–H and O–H groups in total. The van der Waals surface area contributed by atoms with Crippen molar-refractivity contribution < 1.29 is 9.47 Å². The minimum Gasteiger partial charge on any atom is -0.362 e. The second kappa shape index (κ2) is 3.80. The summed E-state index contributed by atoms with van der Waals surface area (Å²) < 4.78 is 11.7. The molecular formula is C22H14O2. The Morgan fingerprint density at radius 2 is 0.917 bits per heavy atom. The Balaban J connectivity index is 1.55. The van der Waals surface area contributed by atoms with E-state index < -0.39 is 0 Å². The predicted molar refractivity (Wildman–Crippen MR) is 94.2 cm³/mol. The molecule has 2 saturated heterocycles. The summed E-state index contributed by atoms with van der Waals surface area (Å²) in [4.78, 5) is 0. The number of ether oxygens (including phenoxy) is 2. The van der Waals surface area contributed by atoms with Gasteiger partial charge in [-0.3, -0.25) is 0 Å². The van der Waals surface area contributed by atoms with Gasteiger partial charge in [0, 0.05) is 0 Å². The molecule has 0 bridgehead atoms. The van der Waals surface area contributed by atoms with Crippen LogP contribution in [0, 0.1) is 0 Å². The van der Waals surface area contributed by atoms with E-state index in [9.17, 15) is 0 Å². The zero-order valence-electron chi connectivity index (χ0n) is 12.9. The summed E-state index contributed by atoms with van der Waals surface area (Å²) in [6.45, 7) is 0. The summed E-state index contributed by atoms with van der Waals surface area (Å²) in [7, 11) is 0. The van der Waals surface area contributed by atoms with E-state index in [0.717, 1.165) is 0 Å². The fourth-order valence-corrected chi connectivity index (χ4v) is 4.52. The molecule has 0 radical (unpaired) electrons. The maximum absolute atomic E-state index is 5.83. The van der Waals surface area contributed by atoms with Gasteiger partial charge >= 0.3 is 0 Å². The van der Waals surface area contributed by atoms with Crippen LogP contribution < -0.4 is 0 Å². The van der Waals surface area contributed by atoms with Crippen LogP contribution in [-0.4, -0.2) is 12.2 Å². The van der Waals surface area contributed by atoms with Crippen molar-refractivity contribution in [2.75, 3.05) is 0 Å². The van der Waals surface area contributed by atoms with Crippen LogP contribution in [0.2, 0.25) is 0 Å². The van der Waals surface area contributed by atoms with Crippen LogP contribution in [0.15, 0.2) is 60.7 Å². The molecule has 24 heavy (non-hydrogen) atoms. The maximum atomic E-state index is 5.83. The third kappa shape index (κ3) is 1.44. The largest absolute Gasteiger partial charge is 0.362 e. The lowest BCUT2D eigenvalue weighted by Crippen LogP contribution is -2.07. The maximum Gasteiger partial charge on any atom is 0.118 e. The highest BCUT2D eigenvalue weighted by Crippen LogP contribution is 2.61. The van der Waals surface area contributed by atoms with Crippen molar-refractivity contribution in [1.82, 2.24) is 0 Å². The summed E-state index contributed by atoms with van der Waals surface area (Å²) >= 11 is 0. The van der Waals surface area contributed by atoms with Gasteiger partial charge in [-0.15, -0.1) is 0 Å². The number of rotatable bonds is 0. The first-order valence-corrected chi connectivity index (χ1v) is 8.56. The Morgan fingerprint density at radius 3 is 1.42 bits per heavy atom. The molecule has 4 atom stereocenters. The van der Waals surface area contributed by atoms with Crippen LogP contribution in [0.25, 0.3) is 32.3 Å². The van der Waals surface area contributed by atoms with Gasteiger partial charge in [0.15, 0.2) is 0 Å². The van der Waals surface area contributed by atoms with Crippen LogP contribution in [0.1, 0.15) is 23.3 Å². The van der Waals surface area contributed by atoms with E-state index in [0.29, 0.717) is 12.2 Å².